The molecule has 4 rings (SSSR count). The van der Waals surface area contributed by atoms with Crippen molar-refractivity contribution in [2.45, 2.75) is 5.92 Å². The van der Waals surface area contributed by atoms with Gasteiger partial charge in [-0.05, 0) is 35.9 Å². The predicted octanol–water partition coefficient (Wildman–Crippen LogP) is 2.72. The number of carbonyl (C=O) groups is 2. The van der Waals surface area contributed by atoms with Gasteiger partial charge in [0.25, 0.3) is 5.91 Å². The molecule has 0 bridgehead atoms. The Morgan fingerprint density at radius 3 is 2.43 bits per heavy atom. The average Bonchev–Trinajstić information content (AvgIpc) is 3.37. The molecule has 3 aromatic rings. The van der Waals surface area contributed by atoms with Crippen LogP contribution in [-0.2, 0) is 4.79 Å². The first kappa shape index (κ1) is 17.8. The van der Waals surface area contributed by atoms with E-state index in [1.807, 2.05) is 30.3 Å². The van der Waals surface area contributed by atoms with Crippen LogP contribution in [0, 0.1) is 5.92 Å². The van der Waals surface area contributed by atoms with Crippen LogP contribution in [-0.4, -0.2) is 50.3 Å². The van der Waals surface area contributed by atoms with Crippen LogP contribution in [0.4, 0.5) is 0 Å². The zero-order chi connectivity index (χ0) is 19.7. The van der Waals surface area contributed by atoms with Gasteiger partial charge in [0.15, 0.2) is 0 Å². The highest BCUT2D eigenvalue weighted by Gasteiger charge is 2.40. The molecule has 0 aliphatic carbocycles. The molecule has 2 aromatic carbocycles. The molecule has 1 aromatic heterocycles. The minimum atomic E-state index is -0.904. The Bertz CT molecular complexity index is 998. The Morgan fingerprint density at radius 1 is 1.04 bits per heavy atom. The molecule has 2 heterocycles. The van der Waals surface area contributed by atoms with E-state index < -0.39 is 11.9 Å². The number of nitrogens with one attached hydrogen (secondary N) is 1. The summed E-state index contributed by atoms with van der Waals surface area (Å²) in [6.07, 6.45) is 0. The molecule has 0 radical (unpaired) electrons. The Morgan fingerprint density at radius 2 is 1.75 bits per heavy atom. The van der Waals surface area contributed by atoms with E-state index in [4.69, 9.17) is 0 Å². The zero-order valence-corrected chi connectivity index (χ0v) is 14.9. The van der Waals surface area contributed by atoms with Gasteiger partial charge >= 0.3 is 5.97 Å². The van der Waals surface area contributed by atoms with Gasteiger partial charge in [-0.25, -0.2) is 0 Å². The van der Waals surface area contributed by atoms with Gasteiger partial charge < -0.3 is 15.1 Å². The molecule has 1 amide bonds. The fourth-order valence-electron chi connectivity index (χ4n) is 3.64. The van der Waals surface area contributed by atoms with Crippen molar-refractivity contribution in [2.75, 3.05) is 13.1 Å². The molecular formula is C21H19N3O4. The maximum atomic E-state index is 12.9. The first-order valence-electron chi connectivity index (χ1n) is 8.95. The fourth-order valence-corrected chi connectivity index (χ4v) is 3.64. The normalized spacial score (nSPS) is 18.9. The number of aromatic nitrogens is 2. The number of carboxylic acid groups (broad SMARTS) is 1. The van der Waals surface area contributed by atoms with E-state index in [1.54, 1.807) is 35.2 Å². The van der Waals surface area contributed by atoms with E-state index >= 15 is 0 Å². The van der Waals surface area contributed by atoms with Gasteiger partial charge in [-0.2, -0.15) is 5.10 Å². The maximum Gasteiger partial charge on any atom is 0.308 e. The molecule has 1 aliphatic rings. The standard InChI is InChI=1S/C21H19N3O4/c25-15-8-6-14(7-9-15)18-10-19(23-22-18)20(26)24-11-16(17(12-24)21(27)28)13-4-2-1-3-5-13/h1-10,16-17,25H,11-12H2,(H,22,23)(H,27,28)/t16-,17+/m0/s1. The van der Waals surface area contributed by atoms with Gasteiger partial charge in [0.1, 0.15) is 11.4 Å². The minimum absolute atomic E-state index is 0.152. The lowest BCUT2D eigenvalue weighted by Gasteiger charge is -2.15. The lowest BCUT2D eigenvalue weighted by atomic mass is 9.89. The summed E-state index contributed by atoms with van der Waals surface area (Å²) in [5.41, 5.74) is 2.57. The molecule has 0 saturated carbocycles. The molecule has 28 heavy (non-hydrogen) atoms. The van der Waals surface area contributed by atoms with E-state index in [9.17, 15) is 19.8 Å². The number of benzene rings is 2. The molecule has 2 atom stereocenters. The molecule has 0 unspecified atom stereocenters. The summed E-state index contributed by atoms with van der Waals surface area (Å²) in [4.78, 5) is 26.2. The van der Waals surface area contributed by atoms with Crippen LogP contribution in [0.2, 0.25) is 0 Å². The van der Waals surface area contributed by atoms with E-state index in [-0.39, 0.29) is 24.1 Å². The number of hydrogen-bond acceptors (Lipinski definition) is 4. The van der Waals surface area contributed by atoms with Crippen molar-refractivity contribution >= 4 is 11.9 Å². The number of aromatic amines is 1. The molecule has 0 spiro atoms. The molecule has 1 saturated heterocycles. The van der Waals surface area contributed by atoms with Crippen LogP contribution >= 0.6 is 0 Å². The third-order valence-electron chi connectivity index (χ3n) is 5.12. The number of phenols is 1. The van der Waals surface area contributed by atoms with Crippen molar-refractivity contribution in [2.24, 2.45) is 5.92 Å². The number of likely N-dealkylation sites (tertiary alicyclic amines) is 1. The number of phenolic OH excluding ortho intramolecular Hbond substituents is 1. The van der Waals surface area contributed by atoms with Crippen LogP contribution in [0.15, 0.2) is 60.7 Å². The number of H-pyrrole nitrogens is 1. The number of hydrogen-bond donors (Lipinski definition) is 3. The second-order valence-electron chi connectivity index (χ2n) is 6.89. The summed E-state index contributed by atoms with van der Waals surface area (Å²) in [7, 11) is 0. The number of aromatic hydroxyl groups is 1. The summed E-state index contributed by atoms with van der Waals surface area (Å²) in [6, 6.07) is 17.6. The number of carboxylic acids is 1. The SMILES string of the molecule is O=C(O)[C@@H]1CN(C(=O)c2cc(-c3ccc(O)cc3)n[nH]2)C[C@H]1c1ccccc1. The van der Waals surface area contributed by atoms with Gasteiger partial charge in [0.05, 0.1) is 11.6 Å². The van der Waals surface area contributed by atoms with Crippen LogP contribution in [0.5, 0.6) is 5.75 Å². The average molecular weight is 377 g/mol. The van der Waals surface area contributed by atoms with Crippen molar-refractivity contribution in [3.05, 3.63) is 71.9 Å². The number of nitrogens with zero attached hydrogens (tertiary/aromatic N) is 2. The van der Waals surface area contributed by atoms with Crippen LogP contribution in [0.3, 0.4) is 0 Å². The molecule has 7 nitrogen and oxygen atoms in total. The number of carbonyl (C=O) groups excluding carboxylic acids is 1. The second-order valence-corrected chi connectivity index (χ2v) is 6.89. The van der Waals surface area contributed by atoms with Crippen molar-refractivity contribution < 1.29 is 19.8 Å². The van der Waals surface area contributed by atoms with Gasteiger partial charge in [0.2, 0.25) is 0 Å². The lowest BCUT2D eigenvalue weighted by molar-refractivity contribution is -0.141. The lowest BCUT2D eigenvalue weighted by Crippen LogP contribution is -2.30. The van der Waals surface area contributed by atoms with Crippen LogP contribution in [0.25, 0.3) is 11.3 Å². The Balaban J connectivity index is 1.55. The second kappa shape index (κ2) is 7.19. The van der Waals surface area contributed by atoms with Gasteiger partial charge in [-0.1, -0.05) is 30.3 Å². The summed E-state index contributed by atoms with van der Waals surface area (Å²) in [5, 5.41) is 25.9. The van der Waals surface area contributed by atoms with Crippen molar-refractivity contribution in [1.29, 1.82) is 0 Å². The highest BCUT2D eigenvalue weighted by atomic mass is 16.4. The predicted molar refractivity (Wildman–Crippen MR) is 102 cm³/mol. The molecule has 1 aliphatic heterocycles. The smallest absolute Gasteiger partial charge is 0.308 e. The third kappa shape index (κ3) is 3.34. The minimum Gasteiger partial charge on any atom is -0.508 e. The van der Waals surface area contributed by atoms with E-state index in [2.05, 4.69) is 10.2 Å². The van der Waals surface area contributed by atoms with Crippen LogP contribution in [0.1, 0.15) is 22.0 Å². The van der Waals surface area contributed by atoms with E-state index in [0.29, 0.717) is 17.9 Å². The highest BCUT2D eigenvalue weighted by Crippen LogP contribution is 2.33. The maximum absolute atomic E-state index is 12.9. The monoisotopic (exact) mass is 377 g/mol. The van der Waals surface area contributed by atoms with Crippen molar-refractivity contribution in [3.8, 4) is 17.0 Å². The first-order chi connectivity index (χ1) is 13.5. The highest BCUT2D eigenvalue weighted by molar-refractivity contribution is 5.94. The molecule has 142 valence electrons. The van der Waals surface area contributed by atoms with Gasteiger partial charge in [0, 0.05) is 24.6 Å². The number of aliphatic carboxylic acids is 1. The summed E-state index contributed by atoms with van der Waals surface area (Å²) in [5.74, 6) is -1.92. The Kier molecular flexibility index (Phi) is 4.57. The van der Waals surface area contributed by atoms with Gasteiger partial charge in [-0.3, -0.25) is 14.7 Å². The largest absolute Gasteiger partial charge is 0.508 e. The fraction of sp³-hybridized carbons (Fsp3) is 0.190. The Labute approximate surface area is 161 Å². The van der Waals surface area contributed by atoms with Gasteiger partial charge in [-0.15, -0.1) is 0 Å². The van der Waals surface area contributed by atoms with Crippen LogP contribution < -0.4 is 0 Å². The number of amides is 1. The summed E-state index contributed by atoms with van der Waals surface area (Å²) in [6.45, 7) is 0.495. The molecule has 1 fully saturated rings. The quantitative estimate of drug-likeness (QED) is 0.648. The van der Waals surface area contributed by atoms with Crippen molar-refractivity contribution in [3.63, 3.8) is 0 Å². The summed E-state index contributed by atoms with van der Waals surface area (Å²) < 4.78 is 0. The molecule has 7 heteroatoms. The summed E-state index contributed by atoms with van der Waals surface area (Å²) >= 11 is 0. The first-order valence-corrected chi connectivity index (χ1v) is 8.95. The number of rotatable bonds is 4. The zero-order valence-electron chi connectivity index (χ0n) is 14.9. The van der Waals surface area contributed by atoms with Crippen molar-refractivity contribution in [1.82, 2.24) is 15.1 Å². The topological polar surface area (TPSA) is 107 Å². The molecular weight excluding hydrogens is 358 g/mol. The van der Waals surface area contributed by atoms with E-state index in [1.165, 1.54) is 0 Å². The third-order valence-corrected chi connectivity index (χ3v) is 5.12. The molecule has 3 N–H and O–H groups in total. The Hall–Kier alpha value is -3.61. The van der Waals surface area contributed by atoms with E-state index in [0.717, 1.165) is 11.1 Å².